The summed E-state index contributed by atoms with van der Waals surface area (Å²) in [4.78, 5) is 5.25. The van der Waals surface area contributed by atoms with Gasteiger partial charge in [0.1, 0.15) is 11.5 Å². The molecule has 2 unspecified atom stereocenters. The maximum Gasteiger partial charge on any atom is 0.127 e. The van der Waals surface area contributed by atoms with E-state index in [-0.39, 0.29) is 0 Å². The largest absolute Gasteiger partial charge is 0.497 e. The van der Waals surface area contributed by atoms with Crippen LogP contribution in [0, 0.1) is 0 Å². The van der Waals surface area contributed by atoms with Crippen molar-refractivity contribution < 1.29 is 9.47 Å². The number of hydrogen-bond donors (Lipinski definition) is 1. The van der Waals surface area contributed by atoms with Gasteiger partial charge < -0.3 is 19.7 Å². The van der Waals surface area contributed by atoms with Crippen molar-refractivity contribution in [3.8, 4) is 11.5 Å². The van der Waals surface area contributed by atoms with Crippen LogP contribution in [0.15, 0.2) is 18.2 Å². The molecule has 0 radical (unpaired) electrons. The summed E-state index contributed by atoms with van der Waals surface area (Å²) in [5.41, 5.74) is 1.28. The summed E-state index contributed by atoms with van der Waals surface area (Å²) < 4.78 is 11.1. The van der Waals surface area contributed by atoms with Crippen molar-refractivity contribution in [1.82, 2.24) is 15.1 Å². The molecule has 2 aliphatic heterocycles. The van der Waals surface area contributed by atoms with Crippen molar-refractivity contribution in [3.63, 3.8) is 0 Å². The Labute approximate surface area is 152 Å². The quantitative estimate of drug-likeness (QED) is 0.856. The number of piperazine rings is 1. The minimum absolute atomic E-state index is 0.364. The van der Waals surface area contributed by atoms with Crippen LogP contribution in [0.4, 0.5) is 0 Å². The first kappa shape index (κ1) is 18.5. The van der Waals surface area contributed by atoms with Gasteiger partial charge in [0.15, 0.2) is 0 Å². The lowest BCUT2D eigenvalue weighted by molar-refractivity contribution is 0.0988. The van der Waals surface area contributed by atoms with Gasteiger partial charge in [-0.15, -0.1) is 0 Å². The average molecular weight is 348 g/mol. The molecule has 25 heavy (non-hydrogen) atoms. The van der Waals surface area contributed by atoms with E-state index in [4.69, 9.17) is 9.47 Å². The molecule has 2 atom stereocenters. The monoisotopic (exact) mass is 347 g/mol. The van der Waals surface area contributed by atoms with E-state index in [1.165, 1.54) is 37.9 Å². The lowest BCUT2D eigenvalue weighted by Crippen LogP contribution is -2.52. The smallest absolute Gasteiger partial charge is 0.127 e. The molecule has 2 heterocycles. The van der Waals surface area contributed by atoms with Gasteiger partial charge in [-0.25, -0.2) is 0 Å². The van der Waals surface area contributed by atoms with Gasteiger partial charge in [0.2, 0.25) is 0 Å². The van der Waals surface area contributed by atoms with Crippen LogP contribution in [-0.2, 0) is 0 Å². The molecule has 0 aromatic heterocycles. The number of rotatable bonds is 6. The molecule has 0 aliphatic carbocycles. The van der Waals surface area contributed by atoms with E-state index in [1.54, 1.807) is 14.2 Å². The molecule has 0 bridgehead atoms. The lowest BCUT2D eigenvalue weighted by atomic mass is 10.00. The summed E-state index contributed by atoms with van der Waals surface area (Å²) in [7, 11) is 3.47. The van der Waals surface area contributed by atoms with E-state index < -0.39 is 0 Å². The zero-order chi connectivity index (χ0) is 17.6. The second-order valence-electron chi connectivity index (χ2n) is 7.34. The molecule has 2 fully saturated rings. The Hall–Kier alpha value is -1.30. The molecule has 5 heteroatoms. The number of ether oxygens (including phenoxy) is 2. The molecule has 1 aromatic rings. The molecular formula is C20H33N3O2. The third-order valence-corrected chi connectivity index (χ3v) is 5.52. The van der Waals surface area contributed by atoms with E-state index in [9.17, 15) is 0 Å². The van der Waals surface area contributed by atoms with Crippen LogP contribution >= 0.6 is 0 Å². The van der Waals surface area contributed by atoms with Gasteiger partial charge in [0.05, 0.1) is 20.3 Å². The van der Waals surface area contributed by atoms with E-state index in [2.05, 4.69) is 34.2 Å². The number of nitrogens with one attached hydrogen (secondary N) is 1. The summed E-state index contributed by atoms with van der Waals surface area (Å²) in [5, 5.41) is 3.56. The summed E-state index contributed by atoms with van der Waals surface area (Å²) in [6.07, 6.45) is 4.02. The molecule has 1 aromatic carbocycles. The van der Waals surface area contributed by atoms with Crippen LogP contribution in [0.25, 0.3) is 0 Å². The van der Waals surface area contributed by atoms with Gasteiger partial charge in [0.25, 0.3) is 0 Å². The summed E-state index contributed by atoms with van der Waals surface area (Å²) in [6.45, 7) is 9.00. The predicted molar refractivity (Wildman–Crippen MR) is 102 cm³/mol. The molecule has 0 spiro atoms. The van der Waals surface area contributed by atoms with E-state index in [0.717, 1.165) is 37.7 Å². The fourth-order valence-electron chi connectivity index (χ4n) is 4.14. The number of benzene rings is 1. The van der Waals surface area contributed by atoms with Gasteiger partial charge in [-0.1, -0.05) is 12.5 Å². The van der Waals surface area contributed by atoms with Crippen LogP contribution in [-0.4, -0.2) is 69.3 Å². The predicted octanol–water partition coefficient (Wildman–Crippen LogP) is 2.52. The highest BCUT2D eigenvalue weighted by Gasteiger charge is 2.29. The Morgan fingerprint density at radius 3 is 2.60 bits per heavy atom. The Morgan fingerprint density at radius 1 is 1.12 bits per heavy atom. The molecule has 2 aliphatic rings. The first-order valence-electron chi connectivity index (χ1n) is 9.63. The minimum Gasteiger partial charge on any atom is -0.497 e. The van der Waals surface area contributed by atoms with E-state index in [1.807, 2.05) is 6.07 Å². The van der Waals surface area contributed by atoms with Gasteiger partial charge in [-0.05, 0) is 38.9 Å². The number of piperidine rings is 1. The summed E-state index contributed by atoms with van der Waals surface area (Å²) in [6, 6.07) is 7.17. The zero-order valence-corrected chi connectivity index (χ0v) is 16.0. The van der Waals surface area contributed by atoms with E-state index in [0.29, 0.717) is 12.1 Å². The van der Waals surface area contributed by atoms with Crippen molar-refractivity contribution in [2.75, 3.05) is 53.5 Å². The first-order chi connectivity index (χ1) is 12.2. The zero-order valence-electron chi connectivity index (χ0n) is 16.0. The second-order valence-corrected chi connectivity index (χ2v) is 7.34. The van der Waals surface area contributed by atoms with Crippen LogP contribution in [0.1, 0.15) is 37.8 Å². The van der Waals surface area contributed by atoms with Crippen molar-refractivity contribution >= 4 is 0 Å². The van der Waals surface area contributed by atoms with Crippen molar-refractivity contribution in [1.29, 1.82) is 0 Å². The maximum absolute atomic E-state index is 5.73. The van der Waals surface area contributed by atoms with Crippen molar-refractivity contribution in [2.45, 2.75) is 38.3 Å². The standard InChI is InChI=1S/C20H33N3O2/c1-16-14-23(12-9-21-16)19(15-22-10-5-4-6-11-22)18-8-7-17(24-2)13-20(18)25-3/h7-8,13,16,19,21H,4-6,9-12,14-15H2,1-3H3. The van der Waals surface area contributed by atoms with Gasteiger partial charge >= 0.3 is 0 Å². The Morgan fingerprint density at radius 2 is 1.92 bits per heavy atom. The molecule has 0 saturated carbocycles. The van der Waals surface area contributed by atoms with Crippen LogP contribution in [0.5, 0.6) is 11.5 Å². The molecule has 1 N–H and O–H groups in total. The highest BCUT2D eigenvalue weighted by molar-refractivity contribution is 5.42. The number of nitrogens with zero attached hydrogens (tertiary/aromatic N) is 2. The molecular weight excluding hydrogens is 314 g/mol. The molecule has 0 amide bonds. The highest BCUT2D eigenvalue weighted by atomic mass is 16.5. The third-order valence-electron chi connectivity index (χ3n) is 5.52. The lowest BCUT2D eigenvalue weighted by Gasteiger charge is -2.41. The van der Waals surface area contributed by atoms with Crippen molar-refractivity contribution in [2.24, 2.45) is 0 Å². The SMILES string of the molecule is COc1ccc(C(CN2CCCCC2)N2CCNC(C)C2)c(OC)c1. The van der Waals surface area contributed by atoms with Gasteiger partial charge in [0, 0.05) is 43.9 Å². The van der Waals surface area contributed by atoms with E-state index >= 15 is 0 Å². The van der Waals surface area contributed by atoms with Gasteiger partial charge in [-0.3, -0.25) is 4.90 Å². The van der Waals surface area contributed by atoms with Crippen molar-refractivity contribution in [3.05, 3.63) is 23.8 Å². The average Bonchev–Trinajstić information content (AvgIpc) is 2.66. The summed E-state index contributed by atoms with van der Waals surface area (Å²) in [5.74, 6) is 1.79. The molecule has 140 valence electrons. The molecule has 5 nitrogen and oxygen atoms in total. The normalized spacial score (nSPS) is 24.0. The number of hydrogen-bond acceptors (Lipinski definition) is 5. The number of likely N-dealkylation sites (tertiary alicyclic amines) is 1. The Balaban J connectivity index is 1.86. The second kappa shape index (κ2) is 8.88. The van der Waals surface area contributed by atoms with Crippen LogP contribution in [0.2, 0.25) is 0 Å². The number of methoxy groups -OCH3 is 2. The third kappa shape index (κ3) is 4.66. The fourth-order valence-corrected chi connectivity index (χ4v) is 4.14. The van der Waals surface area contributed by atoms with Crippen LogP contribution < -0.4 is 14.8 Å². The topological polar surface area (TPSA) is 37.0 Å². The minimum atomic E-state index is 0.364. The molecule has 3 rings (SSSR count). The Kier molecular flexibility index (Phi) is 6.57. The summed E-state index contributed by atoms with van der Waals surface area (Å²) >= 11 is 0. The van der Waals surface area contributed by atoms with Crippen LogP contribution in [0.3, 0.4) is 0 Å². The highest BCUT2D eigenvalue weighted by Crippen LogP contribution is 2.34. The van der Waals surface area contributed by atoms with Gasteiger partial charge in [-0.2, -0.15) is 0 Å². The first-order valence-corrected chi connectivity index (χ1v) is 9.63. The fraction of sp³-hybridized carbons (Fsp3) is 0.700. The maximum atomic E-state index is 5.73. The molecule has 2 saturated heterocycles. The Bertz CT molecular complexity index is 546.